The molecule has 1 N–H and O–H groups in total. The average molecular weight is 183 g/mol. The molecule has 1 saturated heterocycles. The molecule has 0 saturated carbocycles. The average Bonchev–Trinajstić information content (AvgIpc) is 2.01. The number of rotatable bonds is 4. The predicted octanol–water partition coefficient (Wildman–Crippen LogP) is 1.22. The third-order valence-corrected chi connectivity index (χ3v) is 2.68. The lowest BCUT2D eigenvalue weighted by Crippen LogP contribution is -2.50. The fourth-order valence-electron chi connectivity index (χ4n) is 1.53. The summed E-state index contributed by atoms with van der Waals surface area (Å²) in [6, 6.07) is 0. The number of hydrogen-bond donors (Lipinski definition) is 1. The Hall–Kier alpha value is -0.830. The third-order valence-electron chi connectivity index (χ3n) is 2.68. The van der Waals surface area contributed by atoms with Crippen LogP contribution in [0.3, 0.4) is 0 Å². The minimum atomic E-state index is -0.671. The Kier molecular flexibility index (Phi) is 3.48. The van der Waals surface area contributed by atoms with Gasteiger partial charge in [0, 0.05) is 19.6 Å². The molecule has 0 radical (unpaired) electrons. The number of carboxylic acids is 1. The van der Waals surface area contributed by atoms with Crippen molar-refractivity contribution >= 4 is 5.97 Å². The van der Waals surface area contributed by atoms with Gasteiger partial charge in [-0.1, -0.05) is 19.1 Å². The second kappa shape index (κ2) is 4.42. The number of carboxylic acid groups (broad SMARTS) is 1. The van der Waals surface area contributed by atoms with Crippen LogP contribution in [-0.4, -0.2) is 35.6 Å². The van der Waals surface area contributed by atoms with Crippen LogP contribution in [0, 0.1) is 11.8 Å². The van der Waals surface area contributed by atoms with Gasteiger partial charge in [-0.05, 0) is 12.8 Å². The summed E-state index contributed by atoms with van der Waals surface area (Å²) in [4.78, 5) is 12.9. The maximum atomic E-state index is 10.6. The van der Waals surface area contributed by atoms with Gasteiger partial charge in [0.05, 0.1) is 5.92 Å². The molecule has 74 valence electrons. The molecule has 1 heterocycles. The molecular formula is C10H17NO2. The van der Waals surface area contributed by atoms with Gasteiger partial charge in [-0.25, -0.2) is 0 Å². The second-order valence-corrected chi connectivity index (χ2v) is 3.67. The largest absolute Gasteiger partial charge is 0.481 e. The van der Waals surface area contributed by atoms with E-state index in [1.54, 1.807) is 6.92 Å². The van der Waals surface area contributed by atoms with E-state index in [-0.39, 0.29) is 5.92 Å². The first-order valence-electron chi connectivity index (χ1n) is 4.71. The molecule has 1 rings (SSSR count). The topological polar surface area (TPSA) is 40.5 Å². The number of hydrogen-bond acceptors (Lipinski definition) is 2. The summed E-state index contributed by atoms with van der Waals surface area (Å²) in [5.74, 6) is -0.514. The smallest absolute Gasteiger partial charge is 0.306 e. The van der Waals surface area contributed by atoms with Crippen molar-refractivity contribution in [2.45, 2.75) is 13.8 Å². The minimum absolute atomic E-state index is 0.193. The SMILES string of the molecule is C/C=C/CN1CC(C(C)C(=O)O)C1. The van der Waals surface area contributed by atoms with E-state index in [2.05, 4.69) is 11.0 Å². The molecule has 0 aliphatic carbocycles. The lowest BCUT2D eigenvalue weighted by Gasteiger charge is -2.40. The Morgan fingerprint density at radius 3 is 2.77 bits per heavy atom. The van der Waals surface area contributed by atoms with Gasteiger partial charge in [-0.2, -0.15) is 0 Å². The van der Waals surface area contributed by atoms with Gasteiger partial charge in [0.15, 0.2) is 0 Å². The molecule has 3 heteroatoms. The molecule has 0 spiro atoms. The van der Waals surface area contributed by atoms with E-state index in [0.29, 0.717) is 5.92 Å². The molecule has 1 aliphatic rings. The van der Waals surface area contributed by atoms with Crippen molar-refractivity contribution in [2.75, 3.05) is 19.6 Å². The van der Waals surface area contributed by atoms with E-state index < -0.39 is 5.97 Å². The van der Waals surface area contributed by atoms with Gasteiger partial charge in [0.2, 0.25) is 0 Å². The van der Waals surface area contributed by atoms with Crippen molar-refractivity contribution in [3.05, 3.63) is 12.2 Å². The van der Waals surface area contributed by atoms with Gasteiger partial charge < -0.3 is 5.11 Å². The monoisotopic (exact) mass is 183 g/mol. The predicted molar refractivity (Wildman–Crippen MR) is 51.5 cm³/mol. The van der Waals surface area contributed by atoms with E-state index in [0.717, 1.165) is 19.6 Å². The van der Waals surface area contributed by atoms with Crippen LogP contribution < -0.4 is 0 Å². The molecule has 3 nitrogen and oxygen atoms in total. The van der Waals surface area contributed by atoms with Crippen LogP contribution in [0.4, 0.5) is 0 Å². The highest BCUT2D eigenvalue weighted by Crippen LogP contribution is 2.23. The molecule has 1 unspecified atom stereocenters. The van der Waals surface area contributed by atoms with E-state index in [1.165, 1.54) is 0 Å². The Bertz CT molecular complexity index is 207. The quantitative estimate of drug-likeness (QED) is 0.666. The van der Waals surface area contributed by atoms with Crippen LogP contribution in [0.5, 0.6) is 0 Å². The molecule has 1 atom stereocenters. The van der Waals surface area contributed by atoms with Crippen LogP contribution in [0.15, 0.2) is 12.2 Å². The van der Waals surface area contributed by atoms with Crippen LogP contribution in [0.1, 0.15) is 13.8 Å². The van der Waals surface area contributed by atoms with Crippen molar-refractivity contribution in [3.8, 4) is 0 Å². The molecule has 0 aromatic heterocycles. The summed E-state index contributed by atoms with van der Waals surface area (Å²) in [6.07, 6.45) is 4.12. The van der Waals surface area contributed by atoms with E-state index in [9.17, 15) is 4.79 Å². The molecular weight excluding hydrogens is 166 g/mol. The van der Waals surface area contributed by atoms with Crippen molar-refractivity contribution < 1.29 is 9.90 Å². The van der Waals surface area contributed by atoms with Crippen LogP contribution in [0.25, 0.3) is 0 Å². The fraction of sp³-hybridized carbons (Fsp3) is 0.700. The van der Waals surface area contributed by atoms with Crippen LogP contribution in [-0.2, 0) is 4.79 Å². The molecule has 13 heavy (non-hydrogen) atoms. The summed E-state index contributed by atoms with van der Waals surface area (Å²) in [5, 5.41) is 8.75. The van der Waals surface area contributed by atoms with Crippen molar-refractivity contribution in [3.63, 3.8) is 0 Å². The molecule has 0 aromatic carbocycles. The lowest BCUT2D eigenvalue weighted by atomic mass is 9.87. The van der Waals surface area contributed by atoms with Gasteiger partial charge >= 0.3 is 5.97 Å². The molecule has 0 aromatic rings. The van der Waals surface area contributed by atoms with Crippen molar-refractivity contribution in [2.24, 2.45) is 11.8 Å². The first-order chi connectivity index (χ1) is 6.15. The Labute approximate surface area is 79.0 Å². The van der Waals surface area contributed by atoms with Crippen LogP contribution in [0.2, 0.25) is 0 Å². The fourth-order valence-corrected chi connectivity index (χ4v) is 1.53. The number of allylic oxidation sites excluding steroid dienone is 1. The zero-order valence-electron chi connectivity index (χ0n) is 8.23. The maximum Gasteiger partial charge on any atom is 0.306 e. The molecule has 0 bridgehead atoms. The van der Waals surface area contributed by atoms with Crippen molar-refractivity contribution in [1.29, 1.82) is 0 Å². The first-order valence-corrected chi connectivity index (χ1v) is 4.71. The summed E-state index contributed by atoms with van der Waals surface area (Å²) in [5.41, 5.74) is 0. The number of aliphatic carboxylic acids is 1. The number of nitrogens with zero attached hydrogens (tertiary/aromatic N) is 1. The summed E-state index contributed by atoms with van der Waals surface area (Å²) >= 11 is 0. The van der Waals surface area contributed by atoms with E-state index >= 15 is 0 Å². The minimum Gasteiger partial charge on any atom is -0.481 e. The highest BCUT2D eigenvalue weighted by Gasteiger charge is 2.33. The van der Waals surface area contributed by atoms with E-state index in [4.69, 9.17) is 5.11 Å². The highest BCUT2D eigenvalue weighted by atomic mass is 16.4. The van der Waals surface area contributed by atoms with Gasteiger partial charge in [-0.15, -0.1) is 0 Å². The number of carbonyl (C=O) groups is 1. The summed E-state index contributed by atoms with van der Waals surface area (Å²) < 4.78 is 0. The Balaban J connectivity index is 2.21. The maximum absolute atomic E-state index is 10.6. The standard InChI is InChI=1S/C10H17NO2/c1-3-4-5-11-6-9(7-11)8(2)10(12)13/h3-4,8-9H,5-7H2,1-2H3,(H,12,13)/b4-3+. The Morgan fingerprint density at radius 1 is 1.69 bits per heavy atom. The highest BCUT2D eigenvalue weighted by molar-refractivity contribution is 5.70. The van der Waals surface area contributed by atoms with Gasteiger partial charge in [0.1, 0.15) is 0 Å². The first kappa shape index (κ1) is 10.3. The number of likely N-dealkylation sites (tertiary alicyclic amines) is 1. The zero-order chi connectivity index (χ0) is 9.84. The summed E-state index contributed by atoms with van der Waals surface area (Å²) in [7, 11) is 0. The molecule has 0 amide bonds. The third kappa shape index (κ3) is 2.56. The lowest BCUT2D eigenvalue weighted by molar-refractivity contribution is -0.145. The van der Waals surface area contributed by atoms with E-state index in [1.807, 2.05) is 13.0 Å². The zero-order valence-corrected chi connectivity index (χ0v) is 8.23. The molecule has 1 aliphatic heterocycles. The van der Waals surface area contributed by atoms with Crippen LogP contribution >= 0.6 is 0 Å². The van der Waals surface area contributed by atoms with Gasteiger partial charge in [-0.3, -0.25) is 9.69 Å². The van der Waals surface area contributed by atoms with Crippen molar-refractivity contribution in [1.82, 2.24) is 4.90 Å². The molecule has 1 fully saturated rings. The van der Waals surface area contributed by atoms with Gasteiger partial charge in [0.25, 0.3) is 0 Å². The summed E-state index contributed by atoms with van der Waals surface area (Å²) in [6.45, 7) is 6.60. The Morgan fingerprint density at radius 2 is 2.31 bits per heavy atom. The second-order valence-electron chi connectivity index (χ2n) is 3.67. The normalized spacial score (nSPS) is 21.7.